The van der Waals surface area contributed by atoms with E-state index in [9.17, 15) is 8.78 Å². The summed E-state index contributed by atoms with van der Waals surface area (Å²) in [5.74, 6) is -1.51. The summed E-state index contributed by atoms with van der Waals surface area (Å²) in [7, 11) is 0. The molecule has 0 saturated carbocycles. The van der Waals surface area contributed by atoms with E-state index in [2.05, 4.69) is 9.97 Å². The molecule has 0 radical (unpaired) electrons. The second-order valence-corrected chi connectivity index (χ2v) is 4.90. The van der Waals surface area contributed by atoms with Crippen LogP contribution >= 0.6 is 11.3 Å². The van der Waals surface area contributed by atoms with E-state index in [1.807, 2.05) is 11.4 Å². The van der Waals surface area contributed by atoms with Gasteiger partial charge >= 0.3 is 0 Å². The zero-order valence-corrected chi connectivity index (χ0v) is 11.0. The molecule has 2 N–H and O–H groups in total. The predicted molar refractivity (Wildman–Crippen MR) is 72.5 cm³/mol. The largest absolute Gasteiger partial charge is 0.482 e. The van der Waals surface area contributed by atoms with E-state index in [0.717, 1.165) is 16.3 Å². The van der Waals surface area contributed by atoms with E-state index >= 15 is 0 Å². The minimum Gasteiger partial charge on any atom is -0.482 e. The third kappa shape index (κ3) is 2.27. The zero-order valence-electron chi connectivity index (χ0n) is 10.1. The molecule has 0 unspecified atom stereocenters. The number of thiophene rings is 1. The van der Waals surface area contributed by atoms with Crippen LogP contribution in [0.4, 0.5) is 14.6 Å². The van der Waals surface area contributed by atoms with E-state index in [1.165, 1.54) is 23.5 Å². The molecule has 0 amide bonds. The van der Waals surface area contributed by atoms with Gasteiger partial charge in [0.1, 0.15) is 17.3 Å². The number of nitrogens with two attached hydrogens (primary N) is 1. The topological polar surface area (TPSA) is 61.0 Å². The standard InChI is InChI=1S/C13H9F2N3OS/c14-8-2-1-3-9(11(8)15)19-6-10-17-12(16)7-4-5-20-13(7)18-10/h1-5H,6H2,(H2,16,17,18). The first-order chi connectivity index (χ1) is 9.65. The van der Waals surface area contributed by atoms with Crippen LogP contribution in [0.15, 0.2) is 29.6 Å². The van der Waals surface area contributed by atoms with Crippen molar-refractivity contribution in [3.63, 3.8) is 0 Å². The molecular formula is C13H9F2N3OS. The molecule has 0 fully saturated rings. The van der Waals surface area contributed by atoms with E-state index < -0.39 is 11.6 Å². The molecule has 3 aromatic rings. The Balaban J connectivity index is 1.84. The average molecular weight is 293 g/mol. The summed E-state index contributed by atoms with van der Waals surface area (Å²) in [6.07, 6.45) is 0. The van der Waals surface area contributed by atoms with Gasteiger partial charge in [-0.3, -0.25) is 0 Å². The van der Waals surface area contributed by atoms with Gasteiger partial charge in [-0.25, -0.2) is 14.4 Å². The highest BCUT2D eigenvalue weighted by Gasteiger charge is 2.11. The summed E-state index contributed by atoms with van der Waals surface area (Å²) in [6, 6.07) is 5.55. The Morgan fingerprint density at radius 2 is 2.05 bits per heavy atom. The van der Waals surface area contributed by atoms with Gasteiger partial charge in [0.05, 0.1) is 5.39 Å². The molecule has 0 spiro atoms. The number of nitrogen functional groups attached to an aromatic ring is 1. The monoisotopic (exact) mass is 293 g/mol. The molecular weight excluding hydrogens is 284 g/mol. The van der Waals surface area contributed by atoms with Crippen molar-refractivity contribution < 1.29 is 13.5 Å². The molecule has 0 aliphatic carbocycles. The van der Waals surface area contributed by atoms with Crippen LogP contribution in [0.2, 0.25) is 0 Å². The molecule has 2 heterocycles. The Labute approximate surface area is 116 Å². The fraction of sp³-hybridized carbons (Fsp3) is 0.0769. The number of hydrogen-bond donors (Lipinski definition) is 1. The molecule has 4 nitrogen and oxygen atoms in total. The molecule has 102 valence electrons. The van der Waals surface area contributed by atoms with Crippen molar-refractivity contribution in [2.24, 2.45) is 0 Å². The number of anilines is 1. The number of rotatable bonds is 3. The summed E-state index contributed by atoms with van der Waals surface area (Å²) in [5.41, 5.74) is 5.79. The van der Waals surface area contributed by atoms with Gasteiger partial charge in [0.2, 0.25) is 5.82 Å². The SMILES string of the molecule is Nc1nc(COc2cccc(F)c2F)nc2sccc12. The first-order valence-electron chi connectivity index (χ1n) is 5.71. The number of aromatic nitrogens is 2. The van der Waals surface area contributed by atoms with Crippen molar-refractivity contribution in [2.45, 2.75) is 6.61 Å². The second-order valence-electron chi connectivity index (χ2n) is 4.01. The number of benzene rings is 1. The highest BCUT2D eigenvalue weighted by atomic mass is 32.1. The van der Waals surface area contributed by atoms with E-state index in [-0.39, 0.29) is 12.4 Å². The Bertz CT molecular complexity index is 775. The number of fused-ring (bicyclic) bond motifs is 1. The fourth-order valence-corrected chi connectivity index (χ4v) is 2.52. The lowest BCUT2D eigenvalue weighted by molar-refractivity contribution is 0.276. The highest BCUT2D eigenvalue weighted by Crippen LogP contribution is 2.24. The summed E-state index contributed by atoms with van der Waals surface area (Å²) >= 11 is 1.42. The fourth-order valence-electron chi connectivity index (χ4n) is 1.73. The van der Waals surface area contributed by atoms with Crippen LogP contribution in [0.3, 0.4) is 0 Å². The van der Waals surface area contributed by atoms with Crippen LogP contribution in [-0.2, 0) is 6.61 Å². The molecule has 0 atom stereocenters. The summed E-state index contributed by atoms with van der Waals surface area (Å²) in [5, 5.41) is 2.63. The molecule has 2 aromatic heterocycles. The maximum atomic E-state index is 13.4. The molecule has 0 saturated heterocycles. The smallest absolute Gasteiger partial charge is 0.200 e. The van der Waals surface area contributed by atoms with Gasteiger partial charge in [-0.2, -0.15) is 4.39 Å². The van der Waals surface area contributed by atoms with Crippen LogP contribution < -0.4 is 10.5 Å². The van der Waals surface area contributed by atoms with Gasteiger partial charge in [0.15, 0.2) is 17.4 Å². The molecule has 0 aliphatic rings. The molecule has 0 aliphatic heterocycles. The van der Waals surface area contributed by atoms with Crippen molar-refractivity contribution in [1.82, 2.24) is 9.97 Å². The maximum absolute atomic E-state index is 13.4. The average Bonchev–Trinajstić information content (AvgIpc) is 2.89. The van der Waals surface area contributed by atoms with E-state index in [1.54, 1.807) is 0 Å². The predicted octanol–water partition coefficient (Wildman–Crippen LogP) is 3.13. The first kappa shape index (κ1) is 12.7. The number of hydrogen-bond acceptors (Lipinski definition) is 5. The van der Waals surface area contributed by atoms with Gasteiger partial charge in [-0.1, -0.05) is 6.07 Å². The van der Waals surface area contributed by atoms with Gasteiger partial charge < -0.3 is 10.5 Å². The van der Waals surface area contributed by atoms with Crippen LogP contribution in [-0.4, -0.2) is 9.97 Å². The van der Waals surface area contributed by atoms with Crippen molar-refractivity contribution in [3.8, 4) is 5.75 Å². The highest BCUT2D eigenvalue weighted by molar-refractivity contribution is 7.16. The lowest BCUT2D eigenvalue weighted by atomic mass is 10.3. The summed E-state index contributed by atoms with van der Waals surface area (Å²) < 4.78 is 31.6. The Kier molecular flexibility index (Phi) is 3.19. The molecule has 3 rings (SSSR count). The van der Waals surface area contributed by atoms with Crippen LogP contribution in [0.1, 0.15) is 5.82 Å². The number of nitrogens with zero attached hydrogens (tertiary/aromatic N) is 2. The third-order valence-corrected chi connectivity index (χ3v) is 3.48. The second kappa shape index (κ2) is 5.01. The zero-order chi connectivity index (χ0) is 14.1. The Hall–Kier alpha value is -2.28. The molecule has 0 bridgehead atoms. The van der Waals surface area contributed by atoms with Gasteiger partial charge in [-0.05, 0) is 23.6 Å². The van der Waals surface area contributed by atoms with Crippen molar-refractivity contribution in [3.05, 3.63) is 47.1 Å². The van der Waals surface area contributed by atoms with Gasteiger partial charge in [0.25, 0.3) is 0 Å². The normalized spacial score (nSPS) is 10.9. The van der Waals surface area contributed by atoms with E-state index in [4.69, 9.17) is 10.5 Å². The van der Waals surface area contributed by atoms with Crippen LogP contribution in [0.25, 0.3) is 10.2 Å². The van der Waals surface area contributed by atoms with Crippen LogP contribution in [0, 0.1) is 11.6 Å². The van der Waals surface area contributed by atoms with E-state index in [0.29, 0.717) is 11.6 Å². The van der Waals surface area contributed by atoms with Crippen molar-refractivity contribution in [1.29, 1.82) is 0 Å². The van der Waals surface area contributed by atoms with Gasteiger partial charge in [0, 0.05) is 0 Å². The minimum absolute atomic E-state index is 0.0849. The van der Waals surface area contributed by atoms with Crippen molar-refractivity contribution >= 4 is 27.4 Å². The lowest BCUT2D eigenvalue weighted by Gasteiger charge is -2.07. The minimum atomic E-state index is -1.03. The summed E-state index contributed by atoms with van der Waals surface area (Å²) in [4.78, 5) is 9.05. The van der Waals surface area contributed by atoms with Gasteiger partial charge in [-0.15, -0.1) is 11.3 Å². The lowest BCUT2D eigenvalue weighted by Crippen LogP contribution is -2.05. The third-order valence-electron chi connectivity index (χ3n) is 2.67. The van der Waals surface area contributed by atoms with Crippen molar-refractivity contribution in [2.75, 3.05) is 5.73 Å². The number of halogens is 2. The Morgan fingerprint density at radius 1 is 1.20 bits per heavy atom. The first-order valence-corrected chi connectivity index (χ1v) is 6.59. The molecule has 7 heteroatoms. The maximum Gasteiger partial charge on any atom is 0.200 e. The summed E-state index contributed by atoms with van der Waals surface area (Å²) in [6.45, 7) is -0.0849. The Morgan fingerprint density at radius 3 is 2.90 bits per heavy atom. The van der Waals surface area contributed by atoms with Crippen LogP contribution in [0.5, 0.6) is 5.75 Å². The quantitative estimate of drug-likeness (QED) is 0.806. The molecule has 20 heavy (non-hydrogen) atoms. The number of ether oxygens (including phenoxy) is 1. The molecule has 1 aromatic carbocycles.